The monoisotopic (exact) mass is 384 g/mol. The average molecular weight is 384 g/mol. The van der Waals surface area contributed by atoms with Crippen molar-refractivity contribution in [2.45, 2.75) is 25.3 Å². The zero-order chi connectivity index (χ0) is 19.0. The van der Waals surface area contributed by atoms with Gasteiger partial charge in [-0.05, 0) is 12.1 Å². The molecule has 2 N–H and O–H groups in total. The maximum absolute atomic E-state index is 6.12. The SMILES string of the molecule is c1ccc2c(c1)CNCCNCc1ccccc1OCC(OCC1CO1)CO2. The van der Waals surface area contributed by atoms with Crippen LogP contribution in [-0.4, -0.2) is 51.7 Å². The van der Waals surface area contributed by atoms with Crippen molar-refractivity contribution < 1.29 is 18.9 Å². The number of para-hydroxylation sites is 2. The largest absolute Gasteiger partial charge is 0.490 e. The number of hydrogen-bond donors (Lipinski definition) is 2. The molecule has 28 heavy (non-hydrogen) atoms. The number of ether oxygens (including phenoxy) is 4. The Kier molecular flexibility index (Phi) is 6.78. The molecule has 2 heterocycles. The Morgan fingerprint density at radius 1 is 0.786 bits per heavy atom. The molecular formula is C22H28N2O4. The van der Waals surface area contributed by atoms with Gasteiger partial charge in [0.25, 0.3) is 0 Å². The summed E-state index contributed by atoms with van der Waals surface area (Å²) in [5, 5.41) is 6.95. The minimum Gasteiger partial charge on any atom is -0.490 e. The second-order valence-corrected chi connectivity index (χ2v) is 7.10. The van der Waals surface area contributed by atoms with E-state index in [1.165, 1.54) is 0 Å². The first-order valence-corrected chi connectivity index (χ1v) is 9.94. The second kappa shape index (κ2) is 9.89. The number of benzene rings is 2. The standard InChI is InChI=1S/C22H28N2O4/c1-3-7-21-17(5-1)11-23-9-10-24-12-18-6-2-4-8-22(18)28-16-20(15-27-21)26-14-19-13-25-19/h1-8,19-20,23-24H,9-16H2. The zero-order valence-corrected chi connectivity index (χ0v) is 16.1. The normalized spacial score (nSPS) is 21.2. The molecule has 1 atom stereocenters. The molecule has 2 aromatic rings. The van der Waals surface area contributed by atoms with E-state index in [4.69, 9.17) is 18.9 Å². The molecule has 0 bridgehead atoms. The molecule has 1 unspecified atom stereocenters. The fourth-order valence-corrected chi connectivity index (χ4v) is 3.12. The highest BCUT2D eigenvalue weighted by Gasteiger charge is 2.25. The lowest BCUT2D eigenvalue weighted by molar-refractivity contribution is -0.0134. The van der Waals surface area contributed by atoms with Crippen LogP contribution in [0.3, 0.4) is 0 Å². The minimum absolute atomic E-state index is 0.170. The number of fused-ring (bicyclic) bond motifs is 2. The molecule has 0 saturated carbocycles. The van der Waals surface area contributed by atoms with E-state index in [9.17, 15) is 0 Å². The van der Waals surface area contributed by atoms with Crippen molar-refractivity contribution in [2.24, 2.45) is 0 Å². The molecule has 0 aliphatic carbocycles. The first-order valence-electron chi connectivity index (χ1n) is 9.94. The summed E-state index contributed by atoms with van der Waals surface area (Å²) >= 11 is 0. The van der Waals surface area contributed by atoms with Crippen molar-refractivity contribution in [1.29, 1.82) is 0 Å². The van der Waals surface area contributed by atoms with Gasteiger partial charge in [0, 0.05) is 37.3 Å². The summed E-state index contributed by atoms with van der Waals surface area (Å²) in [6.07, 6.45) is 0.0425. The Morgan fingerprint density at radius 2 is 1.32 bits per heavy atom. The van der Waals surface area contributed by atoms with E-state index in [0.717, 1.165) is 55.4 Å². The van der Waals surface area contributed by atoms with Crippen LogP contribution in [0.15, 0.2) is 48.5 Å². The van der Waals surface area contributed by atoms with Crippen LogP contribution in [0.1, 0.15) is 11.1 Å². The molecule has 1 fully saturated rings. The average Bonchev–Trinajstić information content (AvgIpc) is 3.55. The van der Waals surface area contributed by atoms with Crippen molar-refractivity contribution in [2.75, 3.05) is 39.5 Å². The van der Waals surface area contributed by atoms with Crippen LogP contribution in [0.2, 0.25) is 0 Å². The molecule has 4 rings (SSSR count). The lowest BCUT2D eigenvalue weighted by Crippen LogP contribution is -2.30. The van der Waals surface area contributed by atoms with E-state index in [1.54, 1.807) is 0 Å². The first kappa shape index (κ1) is 19.2. The molecule has 0 aromatic heterocycles. The lowest BCUT2D eigenvalue weighted by Gasteiger charge is -2.20. The second-order valence-electron chi connectivity index (χ2n) is 7.10. The van der Waals surface area contributed by atoms with Crippen LogP contribution in [0.4, 0.5) is 0 Å². The Morgan fingerprint density at radius 3 is 1.86 bits per heavy atom. The summed E-state index contributed by atoms with van der Waals surface area (Å²) in [5.74, 6) is 1.77. The number of epoxide rings is 1. The summed E-state index contributed by atoms with van der Waals surface area (Å²) in [6, 6.07) is 16.3. The summed E-state index contributed by atoms with van der Waals surface area (Å²) < 4.78 is 23.5. The van der Waals surface area contributed by atoms with Gasteiger partial charge in [0.15, 0.2) is 0 Å². The third kappa shape index (κ3) is 5.69. The molecule has 150 valence electrons. The molecular weight excluding hydrogens is 356 g/mol. The Balaban J connectivity index is 1.47. The van der Waals surface area contributed by atoms with Gasteiger partial charge < -0.3 is 29.6 Å². The minimum atomic E-state index is -0.170. The highest BCUT2D eigenvalue weighted by molar-refractivity contribution is 5.34. The molecule has 0 amide bonds. The van der Waals surface area contributed by atoms with Gasteiger partial charge in [-0.2, -0.15) is 0 Å². The summed E-state index contributed by atoms with van der Waals surface area (Å²) in [4.78, 5) is 0. The van der Waals surface area contributed by atoms with Crippen LogP contribution in [0.5, 0.6) is 11.5 Å². The number of hydrogen-bond acceptors (Lipinski definition) is 6. The first-order chi connectivity index (χ1) is 13.9. The fraction of sp³-hybridized carbons (Fsp3) is 0.455. The van der Waals surface area contributed by atoms with Crippen LogP contribution >= 0.6 is 0 Å². The van der Waals surface area contributed by atoms with Crippen molar-refractivity contribution in [3.63, 3.8) is 0 Å². The smallest absolute Gasteiger partial charge is 0.125 e. The highest BCUT2D eigenvalue weighted by atomic mass is 16.6. The van der Waals surface area contributed by atoms with E-state index in [1.807, 2.05) is 36.4 Å². The third-order valence-electron chi connectivity index (χ3n) is 4.82. The molecule has 0 radical (unpaired) electrons. The van der Waals surface area contributed by atoms with Gasteiger partial charge in [0.2, 0.25) is 0 Å². The predicted octanol–water partition coefficient (Wildman–Crippen LogP) is 2.12. The molecule has 6 heteroatoms. The van der Waals surface area contributed by atoms with Crippen molar-refractivity contribution in [1.82, 2.24) is 10.6 Å². The van der Waals surface area contributed by atoms with Gasteiger partial charge >= 0.3 is 0 Å². The Labute approximate surface area is 166 Å². The van der Waals surface area contributed by atoms with Gasteiger partial charge in [-0.3, -0.25) is 0 Å². The van der Waals surface area contributed by atoms with Gasteiger partial charge in [0.1, 0.15) is 36.9 Å². The van der Waals surface area contributed by atoms with Crippen molar-refractivity contribution in [3.05, 3.63) is 59.7 Å². The van der Waals surface area contributed by atoms with Crippen molar-refractivity contribution in [3.8, 4) is 11.5 Å². The predicted molar refractivity (Wildman–Crippen MR) is 107 cm³/mol. The van der Waals surface area contributed by atoms with E-state index in [-0.39, 0.29) is 12.2 Å². The molecule has 2 aliphatic rings. The molecule has 2 aromatic carbocycles. The lowest BCUT2D eigenvalue weighted by atomic mass is 10.2. The summed E-state index contributed by atoms with van der Waals surface area (Å²) in [6.45, 7) is 5.52. The van der Waals surface area contributed by atoms with E-state index >= 15 is 0 Å². The molecule has 0 spiro atoms. The van der Waals surface area contributed by atoms with E-state index in [2.05, 4.69) is 22.8 Å². The van der Waals surface area contributed by atoms with Crippen LogP contribution in [0, 0.1) is 0 Å². The summed E-state index contributed by atoms with van der Waals surface area (Å²) in [5.41, 5.74) is 2.29. The quantitative estimate of drug-likeness (QED) is 0.791. The molecule has 2 aliphatic heterocycles. The topological polar surface area (TPSA) is 64.3 Å². The molecule has 6 nitrogen and oxygen atoms in total. The Bertz CT molecular complexity index is 695. The Hall–Kier alpha value is -2.12. The van der Waals surface area contributed by atoms with Gasteiger partial charge in [-0.25, -0.2) is 0 Å². The van der Waals surface area contributed by atoms with Crippen LogP contribution in [-0.2, 0) is 22.6 Å². The van der Waals surface area contributed by atoms with Gasteiger partial charge in [0.05, 0.1) is 13.2 Å². The van der Waals surface area contributed by atoms with Crippen LogP contribution in [0.25, 0.3) is 0 Å². The van der Waals surface area contributed by atoms with E-state index in [0.29, 0.717) is 19.8 Å². The maximum atomic E-state index is 6.12. The number of rotatable bonds is 3. The number of nitrogens with one attached hydrogen (secondary N) is 2. The van der Waals surface area contributed by atoms with Crippen molar-refractivity contribution >= 4 is 0 Å². The van der Waals surface area contributed by atoms with E-state index < -0.39 is 0 Å². The molecule has 1 saturated heterocycles. The summed E-state index contributed by atoms with van der Waals surface area (Å²) in [7, 11) is 0. The highest BCUT2D eigenvalue weighted by Crippen LogP contribution is 2.21. The van der Waals surface area contributed by atoms with Gasteiger partial charge in [-0.1, -0.05) is 36.4 Å². The van der Waals surface area contributed by atoms with Gasteiger partial charge in [-0.15, -0.1) is 0 Å². The maximum Gasteiger partial charge on any atom is 0.125 e. The zero-order valence-electron chi connectivity index (χ0n) is 16.1. The van der Waals surface area contributed by atoms with Crippen LogP contribution < -0.4 is 20.1 Å². The third-order valence-corrected chi connectivity index (χ3v) is 4.82. The fourth-order valence-electron chi connectivity index (χ4n) is 3.12.